The Bertz CT molecular complexity index is 1250. The number of benzene rings is 3. The van der Waals surface area contributed by atoms with E-state index in [0.29, 0.717) is 22.6 Å². The summed E-state index contributed by atoms with van der Waals surface area (Å²) in [4.78, 5) is 25.9. The smallest absolute Gasteiger partial charge is 0.251 e. The zero-order valence-electron chi connectivity index (χ0n) is 17.2. The number of amides is 2. The Balaban J connectivity index is 1.50. The number of nitrogens with one attached hydrogen (secondary N) is 2. The molecule has 166 valence electrons. The lowest BCUT2D eigenvalue weighted by Crippen LogP contribution is -2.45. The van der Waals surface area contributed by atoms with Crippen molar-refractivity contribution in [2.45, 2.75) is 12.5 Å². The van der Waals surface area contributed by atoms with Crippen LogP contribution in [0.4, 0.5) is 9.52 Å². The predicted molar refractivity (Wildman–Crippen MR) is 129 cm³/mol. The second kappa shape index (κ2) is 10.5. The number of halogens is 2. The van der Waals surface area contributed by atoms with Crippen LogP contribution in [0.15, 0.2) is 83.3 Å². The number of anilines is 1. The van der Waals surface area contributed by atoms with E-state index in [1.807, 2.05) is 30.3 Å². The third kappa shape index (κ3) is 6.09. The molecule has 0 saturated heterocycles. The van der Waals surface area contributed by atoms with Gasteiger partial charge in [-0.25, -0.2) is 4.39 Å². The van der Waals surface area contributed by atoms with Crippen LogP contribution >= 0.6 is 27.3 Å². The summed E-state index contributed by atoms with van der Waals surface area (Å²) < 4.78 is 14.0. The Morgan fingerprint density at radius 3 is 2.33 bits per heavy atom. The van der Waals surface area contributed by atoms with Crippen LogP contribution in [0.5, 0.6) is 0 Å². The molecule has 33 heavy (non-hydrogen) atoms. The molecule has 0 radical (unpaired) electrons. The van der Waals surface area contributed by atoms with Gasteiger partial charge < -0.3 is 5.32 Å². The van der Waals surface area contributed by atoms with E-state index in [1.165, 1.54) is 23.5 Å². The summed E-state index contributed by atoms with van der Waals surface area (Å²) in [6, 6.07) is 21.3. The van der Waals surface area contributed by atoms with Crippen molar-refractivity contribution < 1.29 is 14.0 Å². The summed E-state index contributed by atoms with van der Waals surface area (Å²) >= 11 is 4.51. The van der Waals surface area contributed by atoms with Crippen LogP contribution in [-0.2, 0) is 11.2 Å². The van der Waals surface area contributed by atoms with Crippen molar-refractivity contribution in [3.63, 3.8) is 0 Å². The Morgan fingerprint density at radius 2 is 1.64 bits per heavy atom. The molecule has 0 aliphatic carbocycles. The molecule has 1 unspecified atom stereocenters. The predicted octanol–water partition coefficient (Wildman–Crippen LogP) is 5.09. The van der Waals surface area contributed by atoms with E-state index >= 15 is 0 Å². The van der Waals surface area contributed by atoms with Crippen LogP contribution in [0, 0.1) is 5.82 Å². The maximum Gasteiger partial charge on any atom is 0.251 e. The molecule has 1 heterocycles. The van der Waals surface area contributed by atoms with E-state index in [2.05, 4.69) is 36.8 Å². The molecule has 0 fully saturated rings. The first-order chi connectivity index (χ1) is 16.0. The first kappa shape index (κ1) is 22.8. The molecule has 0 spiro atoms. The average molecular weight is 525 g/mol. The van der Waals surface area contributed by atoms with Gasteiger partial charge in [0.05, 0.1) is 0 Å². The summed E-state index contributed by atoms with van der Waals surface area (Å²) in [6.07, 6.45) is 0.304. The molecule has 2 amide bonds. The van der Waals surface area contributed by atoms with E-state index in [9.17, 15) is 14.0 Å². The minimum Gasteiger partial charge on any atom is -0.340 e. The number of nitrogens with zero attached hydrogens (tertiary/aromatic N) is 2. The number of rotatable bonds is 7. The van der Waals surface area contributed by atoms with Gasteiger partial charge in [0.1, 0.15) is 16.9 Å². The van der Waals surface area contributed by atoms with Gasteiger partial charge in [-0.15, -0.1) is 10.2 Å². The summed E-state index contributed by atoms with van der Waals surface area (Å²) in [5, 5.41) is 14.5. The molecule has 9 heteroatoms. The molecule has 1 atom stereocenters. The maximum absolute atomic E-state index is 13.2. The van der Waals surface area contributed by atoms with Gasteiger partial charge in [-0.3, -0.25) is 14.9 Å². The third-order valence-corrected chi connectivity index (χ3v) is 6.17. The highest BCUT2D eigenvalue weighted by Crippen LogP contribution is 2.26. The van der Waals surface area contributed by atoms with Gasteiger partial charge in [-0.1, -0.05) is 57.6 Å². The van der Waals surface area contributed by atoms with Crippen LogP contribution in [-0.4, -0.2) is 28.1 Å². The zero-order chi connectivity index (χ0) is 23.2. The number of carbonyl (C=O) groups is 2. The first-order valence-electron chi connectivity index (χ1n) is 9.98. The van der Waals surface area contributed by atoms with Gasteiger partial charge in [0.2, 0.25) is 11.0 Å². The topological polar surface area (TPSA) is 84.0 Å². The lowest BCUT2D eigenvalue weighted by atomic mass is 10.0. The lowest BCUT2D eigenvalue weighted by Gasteiger charge is -2.18. The van der Waals surface area contributed by atoms with Gasteiger partial charge in [0.15, 0.2) is 0 Å². The third-order valence-electron chi connectivity index (χ3n) is 4.76. The van der Waals surface area contributed by atoms with Crippen LogP contribution in [0.1, 0.15) is 15.9 Å². The summed E-state index contributed by atoms with van der Waals surface area (Å²) in [6.45, 7) is 0. The molecular formula is C24H18BrFN4O2S. The summed E-state index contributed by atoms with van der Waals surface area (Å²) in [5.41, 5.74) is 2.04. The van der Waals surface area contributed by atoms with E-state index < -0.39 is 11.9 Å². The van der Waals surface area contributed by atoms with Crippen molar-refractivity contribution in [3.8, 4) is 10.6 Å². The summed E-state index contributed by atoms with van der Waals surface area (Å²) in [5.74, 6) is -1.11. The second-order valence-corrected chi connectivity index (χ2v) is 9.02. The molecular weight excluding hydrogens is 507 g/mol. The van der Waals surface area contributed by atoms with Crippen LogP contribution in [0.2, 0.25) is 0 Å². The molecule has 6 nitrogen and oxygen atoms in total. The highest BCUT2D eigenvalue weighted by molar-refractivity contribution is 9.10. The van der Waals surface area contributed by atoms with Crippen molar-refractivity contribution >= 4 is 44.2 Å². The average Bonchev–Trinajstić information content (AvgIpc) is 3.28. The standard InChI is InChI=1S/C24H18BrFN4O2S/c25-18-10-6-16(7-11-18)21(31)27-20(14-15-4-2-1-3-5-15)22(32)28-24-30-29-23(33-24)17-8-12-19(26)13-9-17/h1-13,20H,14H2,(H,27,31)(H,28,30,32). The Kier molecular flexibility index (Phi) is 7.21. The molecule has 2 N–H and O–H groups in total. The molecule has 1 aromatic heterocycles. The Labute approximate surface area is 202 Å². The number of hydrogen-bond acceptors (Lipinski definition) is 5. The maximum atomic E-state index is 13.2. The number of carbonyl (C=O) groups excluding carboxylic acids is 2. The summed E-state index contributed by atoms with van der Waals surface area (Å²) in [7, 11) is 0. The zero-order valence-corrected chi connectivity index (χ0v) is 19.6. The lowest BCUT2D eigenvalue weighted by molar-refractivity contribution is -0.118. The van der Waals surface area contributed by atoms with E-state index in [0.717, 1.165) is 10.0 Å². The fraction of sp³-hybridized carbons (Fsp3) is 0.0833. The largest absolute Gasteiger partial charge is 0.340 e. The van der Waals surface area contributed by atoms with Crippen molar-refractivity contribution in [2.24, 2.45) is 0 Å². The molecule has 0 aliphatic heterocycles. The molecule has 0 aliphatic rings. The van der Waals surface area contributed by atoms with E-state index in [-0.39, 0.29) is 16.9 Å². The van der Waals surface area contributed by atoms with E-state index in [4.69, 9.17) is 0 Å². The van der Waals surface area contributed by atoms with Gasteiger partial charge in [-0.05, 0) is 54.1 Å². The quantitative estimate of drug-likeness (QED) is 0.352. The molecule has 4 aromatic rings. The minimum atomic E-state index is -0.832. The highest BCUT2D eigenvalue weighted by atomic mass is 79.9. The van der Waals surface area contributed by atoms with E-state index in [1.54, 1.807) is 36.4 Å². The molecule has 0 bridgehead atoms. The molecule has 3 aromatic carbocycles. The van der Waals surface area contributed by atoms with Crippen molar-refractivity contribution in [1.29, 1.82) is 0 Å². The fourth-order valence-electron chi connectivity index (χ4n) is 3.08. The first-order valence-corrected chi connectivity index (χ1v) is 11.6. The van der Waals surface area contributed by atoms with Gasteiger partial charge in [0.25, 0.3) is 5.91 Å². The number of hydrogen-bond donors (Lipinski definition) is 2. The SMILES string of the molecule is O=C(NC(Cc1ccccc1)C(=O)Nc1nnc(-c2ccc(F)cc2)s1)c1ccc(Br)cc1. The Morgan fingerprint density at radius 1 is 0.939 bits per heavy atom. The van der Waals surface area contributed by atoms with Gasteiger partial charge in [0, 0.05) is 22.0 Å². The fourth-order valence-corrected chi connectivity index (χ4v) is 4.09. The Hall–Kier alpha value is -3.43. The monoisotopic (exact) mass is 524 g/mol. The van der Waals surface area contributed by atoms with Crippen LogP contribution < -0.4 is 10.6 Å². The van der Waals surface area contributed by atoms with Crippen LogP contribution in [0.3, 0.4) is 0 Å². The molecule has 0 saturated carbocycles. The van der Waals surface area contributed by atoms with Gasteiger partial charge in [-0.2, -0.15) is 0 Å². The van der Waals surface area contributed by atoms with Crippen molar-refractivity contribution in [2.75, 3.05) is 5.32 Å². The highest BCUT2D eigenvalue weighted by Gasteiger charge is 2.23. The second-order valence-electron chi connectivity index (χ2n) is 7.13. The normalized spacial score (nSPS) is 11.6. The number of aromatic nitrogens is 2. The van der Waals surface area contributed by atoms with Crippen molar-refractivity contribution in [1.82, 2.24) is 15.5 Å². The molecule has 4 rings (SSSR count). The van der Waals surface area contributed by atoms with Crippen molar-refractivity contribution in [3.05, 3.63) is 100 Å². The minimum absolute atomic E-state index is 0.287. The van der Waals surface area contributed by atoms with Gasteiger partial charge >= 0.3 is 0 Å². The van der Waals surface area contributed by atoms with Crippen LogP contribution in [0.25, 0.3) is 10.6 Å².